The van der Waals surface area contributed by atoms with E-state index in [4.69, 9.17) is 4.74 Å². The first-order chi connectivity index (χ1) is 7.86. The molecule has 0 aromatic heterocycles. The topological polar surface area (TPSA) is 50.4 Å². The Morgan fingerprint density at radius 1 is 1.50 bits per heavy atom. The van der Waals surface area contributed by atoms with E-state index >= 15 is 0 Å². The van der Waals surface area contributed by atoms with Crippen molar-refractivity contribution in [1.29, 1.82) is 0 Å². The van der Waals surface area contributed by atoms with Crippen LogP contribution in [0, 0.1) is 0 Å². The fraction of sp³-hybridized carbons (Fsp3) is 0.900. The predicted molar refractivity (Wildman–Crippen MR) is 69.2 cm³/mol. The molecule has 0 spiro atoms. The molecule has 0 bridgehead atoms. The fourth-order valence-electron chi connectivity index (χ4n) is 1.72. The van der Waals surface area contributed by atoms with Gasteiger partial charge in [-0.2, -0.15) is 23.5 Å². The van der Waals surface area contributed by atoms with Crippen molar-refractivity contribution >= 4 is 29.4 Å². The zero-order chi connectivity index (χ0) is 11.2. The number of carbonyl (C=O) groups excluding carboxylic acids is 1. The molecule has 4 nitrogen and oxygen atoms in total. The fourth-order valence-corrected chi connectivity index (χ4v) is 4.33. The largest absolute Gasteiger partial charge is 0.366 e. The molecule has 0 saturated carbocycles. The van der Waals surface area contributed by atoms with Crippen LogP contribution in [0.2, 0.25) is 0 Å². The molecule has 2 heterocycles. The van der Waals surface area contributed by atoms with Gasteiger partial charge in [0.25, 0.3) is 5.91 Å². The van der Waals surface area contributed by atoms with Crippen molar-refractivity contribution in [2.45, 2.75) is 11.4 Å². The van der Waals surface area contributed by atoms with Gasteiger partial charge < -0.3 is 15.4 Å². The third-order valence-electron chi connectivity index (χ3n) is 2.61. The van der Waals surface area contributed by atoms with Crippen molar-refractivity contribution in [2.75, 3.05) is 43.5 Å². The van der Waals surface area contributed by atoms with Gasteiger partial charge in [0, 0.05) is 42.1 Å². The van der Waals surface area contributed by atoms with Crippen LogP contribution in [0.15, 0.2) is 0 Å². The number of ether oxygens (including phenoxy) is 1. The van der Waals surface area contributed by atoms with Gasteiger partial charge in [0.15, 0.2) is 0 Å². The van der Waals surface area contributed by atoms with E-state index in [1.54, 1.807) is 0 Å². The van der Waals surface area contributed by atoms with Crippen molar-refractivity contribution in [2.24, 2.45) is 0 Å². The number of nitrogens with one attached hydrogen (secondary N) is 2. The Morgan fingerprint density at radius 3 is 3.12 bits per heavy atom. The summed E-state index contributed by atoms with van der Waals surface area (Å²) in [5, 5.41) is 6.71. The summed E-state index contributed by atoms with van der Waals surface area (Å²) < 4.78 is 5.39. The lowest BCUT2D eigenvalue weighted by molar-refractivity contribution is -0.134. The first-order valence-corrected chi connectivity index (χ1v) is 7.86. The minimum Gasteiger partial charge on any atom is -0.366 e. The van der Waals surface area contributed by atoms with E-state index in [1.165, 1.54) is 11.5 Å². The summed E-state index contributed by atoms with van der Waals surface area (Å²) in [6, 6.07) is 0. The van der Waals surface area contributed by atoms with Crippen molar-refractivity contribution in [1.82, 2.24) is 10.6 Å². The van der Waals surface area contributed by atoms with E-state index in [2.05, 4.69) is 10.6 Å². The number of carbonyl (C=O) groups is 1. The molecule has 0 aliphatic carbocycles. The lowest BCUT2D eigenvalue weighted by Crippen LogP contribution is -2.49. The monoisotopic (exact) mass is 262 g/mol. The zero-order valence-corrected chi connectivity index (χ0v) is 10.9. The predicted octanol–water partition coefficient (Wildman–Crippen LogP) is -0.0604. The summed E-state index contributed by atoms with van der Waals surface area (Å²) in [5.41, 5.74) is 0. The first-order valence-electron chi connectivity index (χ1n) is 5.65. The van der Waals surface area contributed by atoms with Gasteiger partial charge >= 0.3 is 0 Å². The molecule has 1 amide bonds. The quantitative estimate of drug-likeness (QED) is 0.746. The third-order valence-corrected chi connectivity index (χ3v) is 5.45. The van der Waals surface area contributed by atoms with Gasteiger partial charge in [-0.3, -0.25) is 4.79 Å². The molecule has 2 aliphatic rings. The van der Waals surface area contributed by atoms with Gasteiger partial charge in [-0.1, -0.05) is 0 Å². The third kappa shape index (κ3) is 3.84. The van der Waals surface area contributed by atoms with Crippen molar-refractivity contribution in [3.63, 3.8) is 0 Å². The highest BCUT2D eigenvalue weighted by molar-refractivity contribution is 8.06. The molecule has 92 valence electrons. The summed E-state index contributed by atoms with van der Waals surface area (Å²) in [4.78, 5) is 11.7. The first kappa shape index (κ1) is 12.5. The summed E-state index contributed by atoms with van der Waals surface area (Å²) >= 11 is 3.93. The molecule has 2 aliphatic heterocycles. The lowest BCUT2D eigenvalue weighted by Gasteiger charge is -2.25. The van der Waals surface area contributed by atoms with Gasteiger partial charge in [-0.05, 0) is 0 Å². The molecule has 2 unspecified atom stereocenters. The molecule has 2 fully saturated rings. The number of thioether (sulfide) groups is 2. The van der Waals surface area contributed by atoms with Crippen molar-refractivity contribution in [3.8, 4) is 0 Å². The highest BCUT2D eigenvalue weighted by Gasteiger charge is 2.22. The van der Waals surface area contributed by atoms with Crippen molar-refractivity contribution in [3.05, 3.63) is 0 Å². The van der Waals surface area contributed by atoms with Crippen LogP contribution in [0.1, 0.15) is 0 Å². The van der Waals surface area contributed by atoms with Crippen molar-refractivity contribution < 1.29 is 9.53 Å². The number of rotatable bonds is 3. The average molecular weight is 262 g/mol. The maximum absolute atomic E-state index is 11.7. The Morgan fingerprint density at radius 2 is 2.44 bits per heavy atom. The Balaban J connectivity index is 1.65. The molecule has 6 heteroatoms. The summed E-state index contributed by atoms with van der Waals surface area (Å²) in [5.74, 6) is 3.62. The summed E-state index contributed by atoms with van der Waals surface area (Å²) in [6.07, 6.45) is -0.296. The average Bonchev–Trinajstić information content (AvgIpc) is 2.38. The molecule has 2 rings (SSSR count). The van der Waals surface area contributed by atoms with Gasteiger partial charge in [0.1, 0.15) is 6.10 Å². The van der Waals surface area contributed by atoms with Gasteiger partial charge in [0.2, 0.25) is 0 Å². The minimum absolute atomic E-state index is 0.0309. The van der Waals surface area contributed by atoms with Crippen LogP contribution in [-0.4, -0.2) is 60.8 Å². The number of hydrogen-bond donors (Lipinski definition) is 2. The van der Waals surface area contributed by atoms with Crippen LogP contribution in [0.3, 0.4) is 0 Å². The van der Waals surface area contributed by atoms with Crippen LogP contribution < -0.4 is 10.6 Å². The standard InChI is InChI=1S/C10H18N2O2S2/c13-10(9-6-11-1-2-14-9)12-5-8-7-15-3-4-16-8/h8-9,11H,1-7H2,(H,12,13). The van der Waals surface area contributed by atoms with Crippen LogP contribution in [0.25, 0.3) is 0 Å². The maximum atomic E-state index is 11.7. The van der Waals surface area contributed by atoms with Crippen LogP contribution in [-0.2, 0) is 9.53 Å². The molecule has 2 saturated heterocycles. The second kappa shape index (κ2) is 6.74. The summed E-state index contributed by atoms with van der Waals surface area (Å²) in [6.45, 7) is 2.89. The summed E-state index contributed by atoms with van der Waals surface area (Å²) in [7, 11) is 0. The van der Waals surface area contributed by atoms with Gasteiger partial charge in [0.05, 0.1) is 6.61 Å². The number of hydrogen-bond acceptors (Lipinski definition) is 5. The van der Waals surface area contributed by atoms with E-state index in [-0.39, 0.29) is 12.0 Å². The van der Waals surface area contributed by atoms with Crippen LogP contribution >= 0.6 is 23.5 Å². The Bertz CT molecular complexity index is 229. The molecule has 16 heavy (non-hydrogen) atoms. The number of morpholine rings is 1. The SMILES string of the molecule is O=C(NCC1CSCCS1)C1CNCCO1. The molecule has 0 radical (unpaired) electrons. The van der Waals surface area contributed by atoms with E-state index < -0.39 is 0 Å². The second-order valence-corrected chi connectivity index (χ2v) is 6.43. The molecular weight excluding hydrogens is 244 g/mol. The Labute approximate surface area is 105 Å². The van der Waals surface area contributed by atoms with Gasteiger partial charge in [-0.25, -0.2) is 0 Å². The molecule has 0 aromatic carbocycles. The molecule has 2 N–H and O–H groups in total. The normalized spacial score (nSPS) is 31.0. The molecule has 0 aromatic rings. The highest BCUT2D eigenvalue weighted by atomic mass is 32.2. The van der Waals surface area contributed by atoms with Crippen LogP contribution in [0.5, 0.6) is 0 Å². The van der Waals surface area contributed by atoms with E-state index in [9.17, 15) is 4.79 Å². The highest BCUT2D eigenvalue weighted by Crippen LogP contribution is 2.23. The smallest absolute Gasteiger partial charge is 0.250 e. The van der Waals surface area contributed by atoms with E-state index in [0.717, 1.165) is 18.8 Å². The number of amides is 1. The van der Waals surface area contributed by atoms with E-state index in [1.807, 2.05) is 23.5 Å². The lowest BCUT2D eigenvalue weighted by atomic mass is 10.3. The minimum atomic E-state index is -0.296. The molecular formula is C10H18N2O2S2. The second-order valence-electron chi connectivity index (χ2n) is 3.88. The Kier molecular flexibility index (Phi) is 5.28. The van der Waals surface area contributed by atoms with Gasteiger partial charge in [-0.15, -0.1) is 0 Å². The maximum Gasteiger partial charge on any atom is 0.250 e. The van der Waals surface area contributed by atoms with Crippen LogP contribution in [0.4, 0.5) is 0 Å². The zero-order valence-electron chi connectivity index (χ0n) is 9.24. The van der Waals surface area contributed by atoms with E-state index in [0.29, 0.717) is 18.4 Å². The molecule has 2 atom stereocenters. The Hall–Kier alpha value is 0.0900.